The van der Waals surface area contributed by atoms with E-state index in [0.29, 0.717) is 0 Å². The van der Waals surface area contributed by atoms with Crippen LogP contribution in [-0.4, -0.2) is 29.7 Å². The summed E-state index contributed by atoms with van der Waals surface area (Å²) in [7, 11) is 3.22. The Labute approximate surface area is 52.7 Å². The first-order valence-electron chi connectivity index (χ1n) is 1.87. The summed E-state index contributed by atoms with van der Waals surface area (Å²) in [5.41, 5.74) is 0. The zero-order valence-electron chi connectivity index (χ0n) is 4.16. The van der Waals surface area contributed by atoms with Crippen LogP contribution >= 0.6 is 22.5 Å². The van der Waals surface area contributed by atoms with Crippen LogP contribution in [0.1, 0.15) is 0 Å². The van der Waals surface area contributed by atoms with Gasteiger partial charge in [-0.25, -0.2) is 0 Å². The van der Waals surface area contributed by atoms with Crippen LogP contribution in [0.2, 0.25) is 0 Å². The minimum absolute atomic E-state index is 0.105. The Kier molecular flexibility index (Phi) is 5.19. The fourth-order valence-electron chi connectivity index (χ4n) is 0.139. The fourth-order valence-corrected chi connectivity index (χ4v) is 1.01. The standard InChI is InChI=1S/C3H9NOS2/c1-4(2-5)3-7-6/h5-6H,2-3H2,1H3. The molecule has 0 aliphatic carbocycles. The van der Waals surface area contributed by atoms with Crippen molar-refractivity contribution in [2.24, 2.45) is 0 Å². The molecule has 0 aromatic carbocycles. The molecule has 0 unspecified atom stereocenters. The van der Waals surface area contributed by atoms with E-state index in [2.05, 4.69) is 11.7 Å². The zero-order chi connectivity index (χ0) is 5.70. The lowest BCUT2D eigenvalue weighted by molar-refractivity contribution is 0.152. The molecule has 7 heavy (non-hydrogen) atoms. The Morgan fingerprint density at radius 2 is 2.43 bits per heavy atom. The molecule has 0 fully saturated rings. The molecule has 0 aromatic rings. The number of nitrogens with zero attached hydrogens (tertiary/aromatic N) is 1. The van der Waals surface area contributed by atoms with Gasteiger partial charge in [0.25, 0.3) is 0 Å². The molecule has 0 amide bonds. The van der Waals surface area contributed by atoms with Gasteiger partial charge in [0.15, 0.2) is 0 Å². The molecule has 0 aliphatic rings. The summed E-state index contributed by atoms with van der Waals surface area (Å²) >= 11 is 3.88. The molecule has 0 aliphatic heterocycles. The molecule has 0 saturated carbocycles. The van der Waals surface area contributed by atoms with E-state index in [0.717, 1.165) is 5.88 Å². The average Bonchev–Trinajstić information content (AvgIpc) is 1.68. The normalized spacial score (nSPS) is 10.3. The maximum atomic E-state index is 8.34. The molecule has 0 radical (unpaired) electrons. The van der Waals surface area contributed by atoms with Gasteiger partial charge in [-0.1, -0.05) is 10.8 Å². The van der Waals surface area contributed by atoms with Crippen LogP contribution in [0.25, 0.3) is 0 Å². The molecule has 0 rings (SSSR count). The van der Waals surface area contributed by atoms with Gasteiger partial charge < -0.3 is 5.11 Å². The quantitative estimate of drug-likeness (QED) is 0.336. The van der Waals surface area contributed by atoms with Crippen LogP contribution in [0.3, 0.4) is 0 Å². The van der Waals surface area contributed by atoms with Crippen molar-refractivity contribution in [3.05, 3.63) is 0 Å². The molecule has 0 saturated heterocycles. The number of thiol groups is 1. The van der Waals surface area contributed by atoms with E-state index in [-0.39, 0.29) is 6.73 Å². The lowest BCUT2D eigenvalue weighted by Gasteiger charge is -2.07. The third kappa shape index (κ3) is 4.47. The summed E-state index contributed by atoms with van der Waals surface area (Å²) in [6.45, 7) is 0.105. The van der Waals surface area contributed by atoms with Crippen LogP contribution < -0.4 is 0 Å². The zero-order valence-corrected chi connectivity index (χ0v) is 5.88. The van der Waals surface area contributed by atoms with Gasteiger partial charge in [-0.2, -0.15) is 0 Å². The summed E-state index contributed by atoms with van der Waals surface area (Å²) in [6, 6.07) is 0. The molecular formula is C3H9NOS2. The summed E-state index contributed by atoms with van der Waals surface area (Å²) in [4.78, 5) is 1.75. The molecule has 0 bridgehead atoms. The van der Waals surface area contributed by atoms with Crippen LogP contribution in [0.4, 0.5) is 0 Å². The van der Waals surface area contributed by atoms with Crippen LogP contribution in [0.5, 0.6) is 0 Å². The average molecular weight is 139 g/mol. The van der Waals surface area contributed by atoms with E-state index >= 15 is 0 Å². The number of hydrogen-bond acceptors (Lipinski definition) is 4. The number of aliphatic hydroxyl groups excluding tert-OH is 1. The summed E-state index contributed by atoms with van der Waals surface area (Å²) in [5.74, 6) is 0.764. The molecule has 0 spiro atoms. The van der Waals surface area contributed by atoms with Crippen molar-refractivity contribution >= 4 is 22.5 Å². The number of hydrogen-bond donors (Lipinski definition) is 2. The Hall–Kier alpha value is 0.620. The Bertz CT molecular complexity index is 43.9. The van der Waals surface area contributed by atoms with Crippen LogP contribution in [-0.2, 0) is 0 Å². The van der Waals surface area contributed by atoms with E-state index in [9.17, 15) is 0 Å². The maximum Gasteiger partial charge on any atom is 0.0960 e. The highest BCUT2D eigenvalue weighted by molar-refractivity contribution is 8.68. The van der Waals surface area contributed by atoms with Gasteiger partial charge in [-0.15, -0.1) is 11.7 Å². The van der Waals surface area contributed by atoms with Crippen molar-refractivity contribution in [3.63, 3.8) is 0 Å². The number of rotatable bonds is 3. The predicted octanol–water partition coefficient (Wildman–Crippen LogP) is 0.403. The highest BCUT2D eigenvalue weighted by atomic mass is 33.1. The lowest BCUT2D eigenvalue weighted by Crippen LogP contribution is -2.17. The van der Waals surface area contributed by atoms with Gasteiger partial charge in [0.05, 0.1) is 12.6 Å². The monoisotopic (exact) mass is 139 g/mol. The summed E-state index contributed by atoms with van der Waals surface area (Å²) < 4.78 is 0. The Morgan fingerprint density at radius 3 is 2.57 bits per heavy atom. The van der Waals surface area contributed by atoms with Gasteiger partial charge in [-0.3, -0.25) is 4.90 Å². The van der Waals surface area contributed by atoms with E-state index in [4.69, 9.17) is 5.11 Å². The molecular weight excluding hydrogens is 130 g/mol. The highest BCUT2D eigenvalue weighted by Crippen LogP contribution is 2.04. The van der Waals surface area contributed by atoms with Gasteiger partial charge in [0, 0.05) is 0 Å². The van der Waals surface area contributed by atoms with E-state index in [1.54, 1.807) is 4.90 Å². The van der Waals surface area contributed by atoms with Crippen molar-refractivity contribution in [1.29, 1.82) is 0 Å². The van der Waals surface area contributed by atoms with Gasteiger partial charge >= 0.3 is 0 Å². The van der Waals surface area contributed by atoms with Gasteiger partial charge in [-0.05, 0) is 7.05 Å². The second-order valence-corrected chi connectivity index (χ2v) is 2.55. The minimum atomic E-state index is 0.105. The van der Waals surface area contributed by atoms with Crippen LogP contribution in [0, 0.1) is 0 Å². The van der Waals surface area contributed by atoms with Crippen LogP contribution in [0.15, 0.2) is 0 Å². The van der Waals surface area contributed by atoms with Crippen molar-refractivity contribution in [1.82, 2.24) is 4.90 Å². The largest absolute Gasteiger partial charge is 0.381 e. The fraction of sp³-hybridized carbons (Fsp3) is 1.00. The predicted molar refractivity (Wildman–Crippen MR) is 36.3 cm³/mol. The second-order valence-electron chi connectivity index (χ2n) is 1.26. The first-order valence-corrected chi connectivity index (χ1v) is 3.91. The van der Waals surface area contributed by atoms with E-state index in [1.165, 1.54) is 10.8 Å². The summed E-state index contributed by atoms with van der Waals surface area (Å²) in [5, 5.41) is 8.34. The molecule has 1 N–H and O–H groups in total. The Balaban J connectivity index is 2.83. The second kappa shape index (κ2) is 4.77. The molecule has 0 atom stereocenters. The molecule has 2 nitrogen and oxygen atoms in total. The SMILES string of the molecule is CN(CO)CSS. The van der Waals surface area contributed by atoms with Gasteiger partial charge in [0.1, 0.15) is 0 Å². The molecule has 0 aromatic heterocycles. The van der Waals surface area contributed by atoms with E-state index in [1.807, 2.05) is 7.05 Å². The highest BCUT2D eigenvalue weighted by Gasteiger charge is 1.88. The summed E-state index contributed by atoms with van der Waals surface area (Å²) in [6.07, 6.45) is 0. The van der Waals surface area contributed by atoms with Crippen molar-refractivity contribution < 1.29 is 5.11 Å². The first kappa shape index (κ1) is 7.62. The Morgan fingerprint density at radius 1 is 1.86 bits per heavy atom. The molecule has 4 heteroatoms. The maximum absolute atomic E-state index is 8.34. The topological polar surface area (TPSA) is 23.5 Å². The number of aliphatic hydroxyl groups is 1. The van der Waals surface area contributed by atoms with Gasteiger partial charge in [0.2, 0.25) is 0 Å². The smallest absolute Gasteiger partial charge is 0.0960 e. The third-order valence-electron chi connectivity index (χ3n) is 0.520. The van der Waals surface area contributed by atoms with Crippen molar-refractivity contribution in [2.75, 3.05) is 19.7 Å². The lowest BCUT2D eigenvalue weighted by atomic mass is 10.9. The molecule has 44 valence electrons. The molecule has 0 heterocycles. The van der Waals surface area contributed by atoms with E-state index < -0.39 is 0 Å². The minimum Gasteiger partial charge on any atom is -0.381 e. The third-order valence-corrected chi connectivity index (χ3v) is 1.42. The first-order chi connectivity index (χ1) is 3.31. The van der Waals surface area contributed by atoms with Crippen molar-refractivity contribution in [3.8, 4) is 0 Å². The van der Waals surface area contributed by atoms with Crippen molar-refractivity contribution in [2.45, 2.75) is 0 Å².